The molecule has 0 fully saturated rings. The summed E-state index contributed by atoms with van der Waals surface area (Å²) in [5, 5.41) is 10.3. The smallest absolute Gasteiger partial charge is 0.329 e. The Labute approximate surface area is 101 Å². The maximum atomic E-state index is 13.3. The third-order valence-corrected chi connectivity index (χ3v) is 1.98. The molecule has 1 aromatic carbocycles. The maximum Gasteiger partial charge on any atom is 0.329 e. The maximum absolute atomic E-state index is 13.3. The molecule has 0 aromatic heterocycles. The van der Waals surface area contributed by atoms with Gasteiger partial charge in [-0.2, -0.15) is 0 Å². The molecule has 2 N–H and O–H groups in total. The molecular weight excluding hydrogens is 248 g/mol. The first-order valence-electron chi connectivity index (χ1n) is 4.95. The molecule has 5 nitrogen and oxygen atoms in total. The van der Waals surface area contributed by atoms with E-state index in [1.54, 1.807) is 0 Å². The molecular formula is C11H11F2NO4. The van der Waals surface area contributed by atoms with Crippen LogP contribution in [0.4, 0.5) is 14.5 Å². The highest BCUT2D eigenvalue weighted by molar-refractivity contribution is 5.92. The lowest BCUT2D eigenvalue weighted by Gasteiger charge is -2.07. The summed E-state index contributed by atoms with van der Waals surface area (Å²) in [6, 6.07) is 1.79. The molecule has 0 aliphatic heterocycles. The normalized spacial score (nSPS) is 10.2. The van der Waals surface area contributed by atoms with E-state index in [0.29, 0.717) is 0 Å². The molecule has 0 heterocycles. The first kappa shape index (κ1) is 14.0. The van der Waals surface area contributed by atoms with Crippen LogP contribution in [0.1, 0.15) is 5.56 Å². The standard InChI is InChI=1S/C11H11F2NO4/c1-6-2-8(13)9(3-7(6)12)14-10(15)4-18-5-11(16)17/h2-3H,4-5H2,1H3,(H,14,15)(H,16,17). The van der Waals surface area contributed by atoms with Crippen molar-refractivity contribution in [2.75, 3.05) is 18.5 Å². The summed E-state index contributed by atoms with van der Waals surface area (Å²) in [5.41, 5.74) is -0.199. The van der Waals surface area contributed by atoms with E-state index in [0.717, 1.165) is 12.1 Å². The number of carbonyl (C=O) groups excluding carboxylic acids is 1. The summed E-state index contributed by atoms with van der Waals surface area (Å²) in [6.07, 6.45) is 0. The third-order valence-electron chi connectivity index (χ3n) is 1.98. The second-order valence-corrected chi connectivity index (χ2v) is 3.52. The molecule has 18 heavy (non-hydrogen) atoms. The zero-order valence-electron chi connectivity index (χ0n) is 9.50. The van der Waals surface area contributed by atoms with Crippen molar-refractivity contribution in [1.82, 2.24) is 0 Å². The number of nitrogens with one attached hydrogen (secondary N) is 1. The van der Waals surface area contributed by atoms with Crippen LogP contribution in [0.5, 0.6) is 0 Å². The van der Waals surface area contributed by atoms with Crippen LogP contribution in [0.15, 0.2) is 12.1 Å². The Bertz CT molecular complexity index is 476. The van der Waals surface area contributed by atoms with Crippen molar-refractivity contribution in [1.29, 1.82) is 0 Å². The van der Waals surface area contributed by atoms with E-state index in [2.05, 4.69) is 10.1 Å². The molecule has 1 rings (SSSR count). The number of aryl methyl sites for hydroxylation is 1. The second kappa shape index (κ2) is 6.06. The molecule has 0 spiro atoms. The average molecular weight is 259 g/mol. The number of hydrogen-bond donors (Lipinski definition) is 2. The number of halogens is 2. The monoisotopic (exact) mass is 259 g/mol. The van der Waals surface area contributed by atoms with Gasteiger partial charge in [-0.15, -0.1) is 0 Å². The second-order valence-electron chi connectivity index (χ2n) is 3.52. The molecule has 0 aliphatic carbocycles. The van der Waals surface area contributed by atoms with Crippen LogP contribution in [0.3, 0.4) is 0 Å². The molecule has 7 heteroatoms. The van der Waals surface area contributed by atoms with Gasteiger partial charge in [0.25, 0.3) is 0 Å². The van der Waals surface area contributed by atoms with E-state index in [4.69, 9.17) is 5.11 Å². The van der Waals surface area contributed by atoms with Gasteiger partial charge < -0.3 is 15.2 Å². The number of carboxylic acids is 1. The van der Waals surface area contributed by atoms with Gasteiger partial charge in [0.15, 0.2) is 0 Å². The lowest BCUT2D eigenvalue weighted by atomic mass is 10.2. The number of rotatable bonds is 5. The first-order chi connectivity index (χ1) is 8.40. The van der Waals surface area contributed by atoms with Crippen LogP contribution in [-0.4, -0.2) is 30.2 Å². The number of anilines is 1. The van der Waals surface area contributed by atoms with E-state index in [1.807, 2.05) is 0 Å². The molecule has 0 bridgehead atoms. The van der Waals surface area contributed by atoms with Crippen molar-refractivity contribution in [2.45, 2.75) is 6.92 Å². The van der Waals surface area contributed by atoms with Gasteiger partial charge in [-0.05, 0) is 18.6 Å². The van der Waals surface area contributed by atoms with Gasteiger partial charge in [-0.1, -0.05) is 0 Å². The molecule has 98 valence electrons. The van der Waals surface area contributed by atoms with E-state index in [1.165, 1.54) is 6.92 Å². The minimum absolute atomic E-state index is 0.118. The summed E-state index contributed by atoms with van der Waals surface area (Å²) < 4.78 is 31.0. The van der Waals surface area contributed by atoms with Crippen molar-refractivity contribution in [3.8, 4) is 0 Å². The number of carboxylic acid groups (broad SMARTS) is 1. The lowest BCUT2D eigenvalue weighted by Crippen LogP contribution is -2.21. The van der Waals surface area contributed by atoms with E-state index in [-0.39, 0.29) is 11.3 Å². The Morgan fingerprint density at radius 2 is 1.94 bits per heavy atom. The Morgan fingerprint density at radius 3 is 2.56 bits per heavy atom. The summed E-state index contributed by atoms with van der Waals surface area (Å²) >= 11 is 0. The molecule has 0 atom stereocenters. The molecule has 0 aliphatic rings. The zero-order chi connectivity index (χ0) is 13.7. The zero-order valence-corrected chi connectivity index (χ0v) is 9.50. The Balaban J connectivity index is 2.59. The summed E-state index contributed by atoms with van der Waals surface area (Å²) in [7, 11) is 0. The van der Waals surface area contributed by atoms with Crippen molar-refractivity contribution < 1.29 is 28.2 Å². The Kier molecular flexibility index (Phi) is 4.73. The highest BCUT2D eigenvalue weighted by atomic mass is 19.1. The van der Waals surface area contributed by atoms with Gasteiger partial charge in [0.1, 0.15) is 24.8 Å². The fourth-order valence-corrected chi connectivity index (χ4v) is 1.16. The number of aliphatic carboxylic acids is 1. The van der Waals surface area contributed by atoms with Gasteiger partial charge in [0.2, 0.25) is 5.91 Å². The quantitative estimate of drug-likeness (QED) is 0.836. The van der Waals surface area contributed by atoms with Crippen molar-refractivity contribution in [3.63, 3.8) is 0 Å². The van der Waals surface area contributed by atoms with Crippen molar-refractivity contribution >= 4 is 17.6 Å². The first-order valence-corrected chi connectivity index (χ1v) is 4.95. The molecule has 0 radical (unpaired) electrons. The van der Waals surface area contributed by atoms with Gasteiger partial charge in [0, 0.05) is 6.07 Å². The predicted octanol–water partition coefficient (Wildman–Crippen LogP) is 1.31. The third kappa shape index (κ3) is 4.10. The van der Waals surface area contributed by atoms with Crippen LogP contribution >= 0.6 is 0 Å². The Morgan fingerprint density at radius 1 is 1.28 bits per heavy atom. The molecule has 0 saturated carbocycles. The minimum atomic E-state index is -1.23. The summed E-state index contributed by atoms with van der Waals surface area (Å²) in [6.45, 7) is 0.194. The SMILES string of the molecule is Cc1cc(F)c(NC(=O)COCC(=O)O)cc1F. The summed E-state index contributed by atoms with van der Waals surface area (Å²) in [4.78, 5) is 21.3. The molecule has 0 saturated heterocycles. The van der Waals surface area contributed by atoms with Crippen LogP contribution in [0.25, 0.3) is 0 Å². The largest absolute Gasteiger partial charge is 0.480 e. The number of amides is 1. The number of benzene rings is 1. The van der Waals surface area contributed by atoms with Gasteiger partial charge in [-0.3, -0.25) is 4.79 Å². The summed E-state index contributed by atoms with van der Waals surface area (Å²) in [5.74, 6) is -3.42. The minimum Gasteiger partial charge on any atom is -0.480 e. The topological polar surface area (TPSA) is 75.6 Å². The fraction of sp³-hybridized carbons (Fsp3) is 0.273. The number of hydrogen-bond acceptors (Lipinski definition) is 3. The fourth-order valence-electron chi connectivity index (χ4n) is 1.16. The van der Waals surface area contributed by atoms with Crippen molar-refractivity contribution in [2.24, 2.45) is 0 Å². The highest BCUT2D eigenvalue weighted by Gasteiger charge is 2.11. The number of ether oxygens (including phenoxy) is 1. The lowest BCUT2D eigenvalue weighted by molar-refractivity contribution is -0.143. The van der Waals surface area contributed by atoms with Crippen molar-refractivity contribution in [3.05, 3.63) is 29.3 Å². The predicted molar refractivity (Wildman–Crippen MR) is 58.2 cm³/mol. The highest BCUT2D eigenvalue weighted by Crippen LogP contribution is 2.18. The van der Waals surface area contributed by atoms with Crippen LogP contribution in [0.2, 0.25) is 0 Å². The van der Waals surface area contributed by atoms with E-state index >= 15 is 0 Å². The molecule has 0 unspecified atom stereocenters. The molecule has 1 amide bonds. The van der Waals surface area contributed by atoms with Crippen LogP contribution in [-0.2, 0) is 14.3 Å². The van der Waals surface area contributed by atoms with Crippen LogP contribution < -0.4 is 5.32 Å². The van der Waals surface area contributed by atoms with Gasteiger partial charge in [-0.25, -0.2) is 13.6 Å². The Hall–Kier alpha value is -2.02. The van der Waals surface area contributed by atoms with E-state index < -0.39 is 36.7 Å². The average Bonchev–Trinajstić information content (AvgIpc) is 2.25. The van der Waals surface area contributed by atoms with Crippen LogP contribution in [0, 0.1) is 18.6 Å². The number of carbonyl (C=O) groups is 2. The molecule has 1 aromatic rings. The van der Waals surface area contributed by atoms with E-state index in [9.17, 15) is 18.4 Å². The van der Waals surface area contributed by atoms with Gasteiger partial charge in [0.05, 0.1) is 5.69 Å². The van der Waals surface area contributed by atoms with Gasteiger partial charge >= 0.3 is 5.97 Å².